The normalized spacial score (nSPS) is 30.0. The molecule has 4 rings (SSSR count). The van der Waals surface area contributed by atoms with Gasteiger partial charge in [-0.3, -0.25) is 9.79 Å². The lowest BCUT2D eigenvalue weighted by Crippen LogP contribution is -2.48. The van der Waals surface area contributed by atoms with E-state index in [9.17, 15) is 4.79 Å². The van der Waals surface area contributed by atoms with Crippen molar-refractivity contribution in [2.75, 3.05) is 6.54 Å². The molecule has 4 heteroatoms. The van der Waals surface area contributed by atoms with Gasteiger partial charge >= 0.3 is 0 Å². The fraction of sp³-hybridized carbons (Fsp3) is 0.714. The van der Waals surface area contributed by atoms with E-state index in [0.29, 0.717) is 17.1 Å². The SMILES string of the molecule is CC1(C)CCC(C2=NC3C=C(C(=O)N4CCC=CCC4(C)C)OC3C(C(C)(C)C)=C2)CC1. The van der Waals surface area contributed by atoms with Crippen LogP contribution < -0.4 is 0 Å². The van der Waals surface area contributed by atoms with Crippen LogP contribution in [0.25, 0.3) is 0 Å². The van der Waals surface area contributed by atoms with E-state index in [0.717, 1.165) is 19.4 Å². The van der Waals surface area contributed by atoms with Crippen molar-refractivity contribution in [3.63, 3.8) is 0 Å². The fourth-order valence-corrected chi connectivity index (χ4v) is 5.59. The van der Waals surface area contributed by atoms with Crippen molar-refractivity contribution >= 4 is 11.6 Å². The minimum absolute atomic E-state index is 0.0116. The molecule has 0 aromatic rings. The third kappa shape index (κ3) is 4.61. The van der Waals surface area contributed by atoms with Crippen molar-refractivity contribution in [3.05, 3.63) is 35.6 Å². The van der Waals surface area contributed by atoms with Crippen LogP contribution in [-0.4, -0.2) is 40.7 Å². The van der Waals surface area contributed by atoms with Gasteiger partial charge in [0.1, 0.15) is 12.1 Å². The number of amides is 1. The number of hydrogen-bond acceptors (Lipinski definition) is 3. The van der Waals surface area contributed by atoms with Gasteiger partial charge in [0, 0.05) is 23.7 Å². The van der Waals surface area contributed by atoms with Gasteiger partial charge in [-0.15, -0.1) is 0 Å². The molecule has 0 radical (unpaired) electrons. The molecule has 176 valence electrons. The van der Waals surface area contributed by atoms with E-state index in [1.54, 1.807) is 0 Å². The van der Waals surface area contributed by atoms with Crippen molar-refractivity contribution in [1.29, 1.82) is 0 Å². The molecule has 2 unspecified atom stereocenters. The van der Waals surface area contributed by atoms with Gasteiger partial charge in [-0.25, -0.2) is 0 Å². The minimum Gasteiger partial charge on any atom is -0.478 e. The summed E-state index contributed by atoms with van der Waals surface area (Å²) in [6.07, 6.45) is 15.2. The Morgan fingerprint density at radius 3 is 2.47 bits per heavy atom. The lowest BCUT2D eigenvalue weighted by Gasteiger charge is -2.38. The number of rotatable bonds is 2. The summed E-state index contributed by atoms with van der Waals surface area (Å²) in [4.78, 5) is 20.7. The highest BCUT2D eigenvalue weighted by atomic mass is 16.5. The van der Waals surface area contributed by atoms with E-state index >= 15 is 0 Å². The molecule has 1 saturated carbocycles. The molecule has 3 heterocycles. The highest BCUT2D eigenvalue weighted by Crippen LogP contribution is 2.43. The predicted octanol–water partition coefficient (Wildman–Crippen LogP) is 6.24. The van der Waals surface area contributed by atoms with Crippen LogP contribution in [0.2, 0.25) is 0 Å². The van der Waals surface area contributed by atoms with E-state index in [1.807, 2.05) is 11.0 Å². The largest absolute Gasteiger partial charge is 0.478 e. The van der Waals surface area contributed by atoms with Gasteiger partial charge in [0.25, 0.3) is 5.91 Å². The molecule has 3 aliphatic heterocycles. The summed E-state index contributed by atoms with van der Waals surface area (Å²) in [7, 11) is 0. The quantitative estimate of drug-likeness (QED) is 0.479. The van der Waals surface area contributed by atoms with Crippen LogP contribution in [0.5, 0.6) is 0 Å². The van der Waals surface area contributed by atoms with Crippen LogP contribution in [0.15, 0.2) is 40.6 Å². The van der Waals surface area contributed by atoms with Crippen molar-refractivity contribution < 1.29 is 9.53 Å². The third-order valence-electron chi connectivity index (χ3n) is 7.91. The van der Waals surface area contributed by atoms with Crippen molar-refractivity contribution in [3.8, 4) is 0 Å². The Morgan fingerprint density at radius 1 is 1.12 bits per heavy atom. The van der Waals surface area contributed by atoms with Crippen LogP contribution in [0.3, 0.4) is 0 Å². The molecule has 0 aromatic heterocycles. The second-order valence-electron chi connectivity index (χ2n) is 12.6. The molecule has 0 aromatic carbocycles. The molecule has 1 aliphatic carbocycles. The minimum atomic E-state index is -0.214. The average Bonchev–Trinajstić information content (AvgIpc) is 3.04. The second-order valence-corrected chi connectivity index (χ2v) is 12.6. The van der Waals surface area contributed by atoms with Crippen molar-refractivity contribution in [2.24, 2.45) is 21.7 Å². The van der Waals surface area contributed by atoms with Crippen LogP contribution in [0.1, 0.15) is 87.0 Å². The first-order valence-corrected chi connectivity index (χ1v) is 12.5. The van der Waals surface area contributed by atoms with Gasteiger partial charge in [-0.2, -0.15) is 0 Å². The van der Waals surface area contributed by atoms with Gasteiger partial charge < -0.3 is 9.64 Å². The zero-order valence-corrected chi connectivity index (χ0v) is 21.2. The zero-order valence-electron chi connectivity index (χ0n) is 21.2. The maximum absolute atomic E-state index is 13.6. The van der Waals surface area contributed by atoms with Crippen molar-refractivity contribution in [2.45, 2.75) is 105 Å². The maximum Gasteiger partial charge on any atom is 0.289 e. The van der Waals surface area contributed by atoms with Crippen LogP contribution in [-0.2, 0) is 9.53 Å². The monoisotopic (exact) mass is 438 g/mol. The topological polar surface area (TPSA) is 41.9 Å². The maximum atomic E-state index is 13.6. The number of allylic oxidation sites excluding steroid dienone is 1. The van der Waals surface area contributed by atoms with E-state index in [2.05, 4.69) is 66.7 Å². The highest BCUT2D eigenvalue weighted by Gasteiger charge is 2.44. The number of dihydropyridines is 1. The van der Waals surface area contributed by atoms with E-state index in [1.165, 1.54) is 37.0 Å². The third-order valence-corrected chi connectivity index (χ3v) is 7.91. The van der Waals surface area contributed by atoms with Crippen LogP contribution in [0, 0.1) is 16.7 Å². The van der Waals surface area contributed by atoms with Crippen LogP contribution >= 0.6 is 0 Å². The molecule has 1 amide bonds. The molecule has 1 fully saturated rings. The van der Waals surface area contributed by atoms with Crippen LogP contribution in [0.4, 0.5) is 0 Å². The first kappa shape index (κ1) is 23.3. The molecule has 0 bridgehead atoms. The summed E-state index contributed by atoms with van der Waals surface area (Å²) < 4.78 is 6.40. The van der Waals surface area contributed by atoms with E-state index in [-0.39, 0.29) is 29.0 Å². The van der Waals surface area contributed by atoms with Gasteiger partial charge in [0.15, 0.2) is 5.76 Å². The van der Waals surface area contributed by atoms with Crippen molar-refractivity contribution in [1.82, 2.24) is 4.90 Å². The molecule has 0 N–H and O–H groups in total. The standard InChI is InChI=1S/C28H42N2O2/c1-26(2,3)20-17-21(19-11-14-27(4,5)15-12-19)29-22-18-23(32-24(20)22)25(31)30-16-10-8-9-13-28(30,6)7/h8-9,17-19,22,24H,10-16H2,1-7H3. The number of fused-ring (bicyclic) bond motifs is 1. The van der Waals surface area contributed by atoms with E-state index < -0.39 is 0 Å². The molecule has 0 saturated heterocycles. The number of carbonyl (C=O) groups excluding carboxylic acids is 1. The summed E-state index contributed by atoms with van der Waals surface area (Å²) in [5, 5.41) is 0. The van der Waals surface area contributed by atoms with Gasteiger partial charge in [-0.05, 0) is 80.9 Å². The Kier molecular flexibility index (Phi) is 5.96. The van der Waals surface area contributed by atoms with Gasteiger partial charge in [0.2, 0.25) is 0 Å². The zero-order chi connectivity index (χ0) is 23.3. The highest BCUT2D eigenvalue weighted by molar-refractivity contribution is 5.99. The molecular formula is C28H42N2O2. The molecule has 2 atom stereocenters. The lowest BCUT2D eigenvalue weighted by atomic mass is 9.70. The number of carbonyl (C=O) groups is 1. The Labute approximate surface area is 194 Å². The van der Waals surface area contributed by atoms with E-state index in [4.69, 9.17) is 9.73 Å². The Bertz CT molecular complexity index is 872. The summed E-state index contributed by atoms with van der Waals surface area (Å²) in [6, 6.07) is -0.0914. The molecule has 4 nitrogen and oxygen atoms in total. The summed E-state index contributed by atoms with van der Waals surface area (Å²) in [5.41, 5.74) is 2.69. The lowest BCUT2D eigenvalue weighted by molar-refractivity contribution is -0.136. The number of nitrogens with zero attached hydrogens (tertiary/aromatic N) is 2. The number of aliphatic imine (C=N–C) groups is 1. The predicted molar refractivity (Wildman–Crippen MR) is 132 cm³/mol. The molecule has 0 spiro atoms. The first-order valence-electron chi connectivity index (χ1n) is 12.5. The number of ether oxygens (including phenoxy) is 1. The molecule has 4 aliphatic rings. The Balaban J connectivity index is 1.60. The number of hydrogen-bond donors (Lipinski definition) is 0. The Morgan fingerprint density at radius 2 is 1.81 bits per heavy atom. The average molecular weight is 439 g/mol. The van der Waals surface area contributed by atoms with Gasteiger partial charge in [0.05, 0.1) is 0 Å². The molecule has 32 heavy (non-hydrogen) atoms. The van der Waals surface area contributed by atoms with Gasteiger partial charge in [-0.1, -0.05) is 46.8 Å². The summed E-state index contributed by atoms with van der Waals surface area (Å²) in [5.74, 6) is 1.02. The smallest absolute Gasteiger partial charge is 0.289 e. The first-order chi connectivity index (χ1) is 14.9. The summed E-state index contributed by atoms with van der Waals surface area (Å²) >= 11 is 0. The fourth-order valence-electron chi connectivity index (χ4n) is 5.59. The summed E-state index contributed by atoms with van der Waals surface area (Å²) in [6.45, 7) is 16.5. The Hall–Kier alpha value is -1.84. The second kappa shape index (κ2) is 8.18. The molecular weight excluding hydrogens is 396 g/mol.